The highest BCUT2D eigenvalue weighted by atomic mass is 19.4. The van der Waals surface area contributed by atoms with Crippen molar-refractivity contribution in [2.45, 2.75) is 33.1 Å². The number of rotatable bonds is 2. The van der Waals surface area contributed by atoms with E-state index in [4.69, 9.17) is 4.74 Å². The molecule has 0 saturated heterocycles. The molecule has 0 aliphatic carbocycles. The van der Waals surface area contributed by atoms with Gasteiger partial charge >= 0.3 is 12.1 Å². The summed E-state index contributed by atoms with van der Waals surface area (Å²) in [5, 5.41) is 0.422. The van der Waals surface area contributed by atoms with Crippen LogP contribution in [0, 0.1) is 6.92 Å². The summed E-state index contributed by atoms with van der Waals surface area (Å²) in [4.78, 5) is 13.4. The number of aromatic nitrogens is 1. The number of carbonyl (C=O) groups excluding carboxylic acids is 1. The van der Waals surface area contributed by atoms with Crippen LogP contribution in [0.2, 0.25) is 0 Å². The first kappa shape index (κ1) is 14.4. The molecular weight excluding hydrogens is 271 g/mol. The van der Waals surface area contributed by atoms with Crippen LogP contribution in [0.4, 0.5) is 13.2 Å². The second-order valence-corrected chi connectivity index (χ2v) is 4.71. The van der Waals surface area contributed by atoms with Crippen molar-refractivity contribution >= 4 is 16.9 Å². The van der Waals surface area contributed by atoms with E-state index >= 15 is 0 Å². The molecule has 6 heteroatoms. The fourth-order valence-electron chi connectivity index (χ4n) is 2.28. The van der Waals surface area contributed by atoms with Gasteiger partial charge in [0, 0.05) is 23.4 Å². The molecule has 0 radical (unpaired) electrons. The minimum atomic E-state index is -4.53. The Morgan fingerprint density at radius 3 is 2.55 bits per heavy atom. The van der Waals surface area contributed by atoms with Gasteiger partial charge in [-0.2, -0.15) is 13.2 Å². The number of alkyl halides is 3. The van der Waals surface area contributed by atoms with Gasteiger partial charge in [-0.15, -0.1) is 0 Å². The number of ether oxygens (including phenoxy) is 1. The fourth-order valence-corrected chi connectivity index (χ4v) is 2.28. The Bertz CT molecular complexity index is 658. The molecule has 3 nitrogen and oxygen atoms in total. The largest absolute Gasteiger partial charge is 0.458 e. The molecule has 1 heterocycles. The van der Waals surface area contributed by atoms with Gasteiger partial charge in [-0.1, -0.05) is 11.6 Å². The Morgan fingerprint density at radius 2 is 2.00 bits per heavy atom. The van der Waals surface area contributed by atoms with Crippen molar-refractivity contribution in [3.05, 3.63) is 35.0 Å². The van der Waals surface area contributed by atoms with Gasteiger partial charge in [0.25, 0.3) is 0 Å². The predicted octanol–water partition coefficient (Wildman–Crippen LogP) is 4.12. The number of benzene rings is 1. The Kier molecular flexibility index (Phi) is 3.50. The molecule has 2 aromatic rings. The van der Waals surface area contributed by atoms with E-state index in [9.17, 15) is 18.0 Å². The average molecular weight is 285 g/mol. The standard InChI is InChI=1S/C14H14F3NO2/c1-7-4-5-11-10(6-7)12(8(2)20-9(3)19)13(18-11)14(15,16)17/h4-6,8,18H,1-3H3. The number of hydrogen-bond donors (Lipinski definition) is 1. The maximum Gasteiger partial charge on any atom is 0.431 e. The molecular formula is C14H14F3NO2. The molecule has 0 aliphatic rings. The smallest absolute Gasteiger partial charge is 0.431 e. The predicted molar refractivity (Wildman–Crippen MR) is 68.2 cm³/mol. The van der Waals surface area contributed by atoms with Crippen LogP contribution in [0.15, 0.2) is 18.2 Å². The van der Waals surface area contributed by atoms with Crippen molar-refractivity contribution < 1.29 is 22.7 Å². The van der Waals surface area contributed by atoms with Crippen molar-refractivity contribution in [3.8, 4) is 0 Å². The first-order chi connectivity index (χ1) is 9.20. The van der Waals surface area contributed by atoms with Crippen LogP contribution in [0.5, 0.6) is 0 Å². The maximum absolute atomic E-state index is 13.1. The zero-order chi connectivity index (χ0) is 15.1. The number of aromatic amines is 1. The average Bonchev–Trinajstić information content (AvgIpc) is 2.66. The van der Waals surface area contributed by atoms with Gasteiger partial charge in [0.05, 0.1) is 0 Å². The Hall–Kier alpha value is -1.98. The molecule has 0 aliphatic heterocycles. The van der Waals surface area contributed by atoms with Crippen LogP contribution in [-0.2, 0) is 15.7 Å². The van der Waals surface area contributed by atoms with E-state index in [0.29, 0.717) is 10.9 Å². The summed E-state index contributed by atoms with van der Waals surface area (Å²) in [5.74, 6) is -0.618. The van der Waals surface area contributed by atoms with E-state index in [0.717, 1.165) is 5.56 Å². The van der Waals surface area contributed by atoms with Crippen LogP contribution < -0.4 is 0 Å². The lowest BCUT2D eigenvalue weighted by molar-refractivity contribution is -0.150. The molecule has 0 spiro atoms. The molecule has 1 unspecified atom stereocenters. The number of esters is 1. The fraction of sp³-hybridized carbons (Fsp3) is 0.357. The summed E-state index contributed by atoms with van der Waals surface area (Å²) in [6.45, 7) is 4.39. The Labute approximate surface area is 113 Å². The number of halogens is 3. The lowest BCUT2D eigenvalue weighted by atomic mass is 10.0. The minimum Gasteiger partial charge on any atom is -0.458 e. The third-order valence-corrected chi connectivity index (χ3v) is 3.03. The number of H-pyrrole nitrogens is 1. The summed E-state index contributed by atoms with van der Waals surface area (Å²) >= 11 is 0. The first-order valence-electron chi connectivity index (χ1n) is 6.06. The summed E-state index contributed by atoms with van der Waals surface area (Å²) in [7, 11) is 0. The molecule has 0 saturated carbocycles. The SMILES string of the molecule is CC(=O)OC(C)c1c(C(F)(F)F)[nH]c2ccc(C)cc12. The van der Waals surface area contributed by atoms with Crippen molar-refractivity contribution in [3.63, 3.8) is 0 Å². The van der Waals surface area contributed by atoms with E-state index in [2.05, 4.69) is 4.98 Å². The van der Waals surface area contributed by atoms with Crippen LogP contribution in [0.3, 0.4) is 0 Å². The van der Waals surface area contributed by atoms with Gasteiger partial charge in [0.2, 0.25) is 0 Å². The van der Waals surface area contributed by atoms with E-state index in [1.54, 1.807) is 25.1 Å². The second-order valence-electron chi connectivity index (χ2n) is 4.71. The second kappa shape index (κ2) is 4.85. The minimum absolute atomic E-state index is 0.0357. The number of carbonyl (C=O) groups is 1. The molecule has 20 heavy (non-hydrogen) atoms. The molecule has 1 aromatic carbocycles. The van der Waals surface area contributed by atoms with E-state index in [-0.39, 0.29) is 5.56 Å². The van der Waals surface area contributed by atoms with E-state index in [1.165, 1.54) is 13.8 Å². The highest BCUT2D eigenvalue weighted by molar-refractivity contribution is 5.86. The van der Waals surface area contributed by atoms with Gasteiger partial charge in [-0.05, 0) is 26.0 Å². The number of nitrogens with one attached hydrogen (secondary N) is 1. The Morgan fingerprint density at radius 1 is 1.35 bits per heavy atom. The highest BCUT2D eigenvalue weighted by Gasteiger charge is 2.38. The van der Waals surface area contributed by atoms with Gasteiger partial charge in [0.15, 0.2) is 0 Å². The molecule has 0 bridgehead atoms. The summed E-state index contributed by atoms with van der Waals surface area (Å²) < 4.78 is 44.3. The van der Waals surface area contributed by atoms with Gasteiger partial charge in [0.1, 0.15) is 11.8 Å². The van der Waals surface area contributed by atoms with Crippen LogP contribution in [0.1, 0.15) is 36.8 Å². The first-order valence-corrected chi connectivity index (χ1v) is 6.06. The van der Waals surface area contributed by atoms with E-state index < -0.39 is 23.9 Å². The van der Waals surface area contributed by atoms with Crippen molar-refractivity contribution in [1.29, 1.82) is 0 Å². The molecule has 1 N–H and O–H groups in total. The number of aryl methyl sites for hydroxylation is 1. The van der Waals surface area contributed by atoms with Crippen LogP contribution in [-0.4, -0.2) is 11.0 Å². The molecule has 0 amide bonds. The van der Waals surface area contributed by atoms with Gasteiger partial charge in [-0.3, -0.25) is 4.79 Å². The Balaban J connectivity index is 2.69. The molecule has 2 rings (SSSR count). The molecule has 0 fully saturated rings. The van der Waals surface area contributed by atoms with Crippen LogP contribution >= 0.6 is 0 Å². The molecule has 108 valence electrons. The number of hydrogen-bond acceptors (Lipinski definition) is 2. The lowest BCUT2D eigenvalue weighted by Crippen LogP contribution is -2.13. The topological polar surface area (TPSA) is 42.1 Å². The monoisotopic (exact) mass is 285 g/mol. The van der Waals surface area contributed by atoms with Gasteiger partial charge < -0.3 is 9.72 Å². The van der Waals surface area contributed by atoms with Crippen molar-refractivity contribution in [1.82, 2.24) is 4.98 Å². The third kappa shape index (κ3) is 2.64. The quantitative estimate of drug-likeness (QED) is 0.843. The zero-order valence-corrected chi connectivity index (χ0v) is 11.3. The summed E-state index contributed by atoms with van der Waals surface area (Å²) in [6.07, 6.45) is -5.50. The van der Waals surface area contributed by atoms with E-state index in [1.807, 2.05) is 0 Å². The highest BCUT2D eigenvalue weighted by Crippen LogP contribution is 2.39. The van der Waals surface area contributed by atoms with Gasteiger partial charge in [-0.25, -0.2) is 0 Å². The molecule has 1 atom stereocenters. The third-order valence-electron chi connectivity index (χ3n) is 3.03. The van der Waals surface area contributed by atoms with Crippen molar-refractivity contribution in [2.75, 3.05) is 0 Å². The van der Waals surface area contributed by atoms with Crippen molar-refractivity contribution in [2.24, 2.45) is 0 Å². The number of fused-ring (bicyclic) bond motifs is 1. The van der Waals surface area contributed by atoms with Crippen LogP contribution in [0.25, 0.3) is 10.9 Å². The summed E-state index contributed by atoms with van der Waals surface area (Å²) in [5.41, 5.74) is 0.302. The summed E-state index contributed by atoms with van der Waals surface area (Å²) in [6, 6.07) is 4.96. The molecule has 1 aromatic heterocycles. The zero-order valence-electron chi connectivity index (χ0n) is 11.3. The normalized spacial score (nSPS) is 13.5. The lowest BCUT2D eigenvalue weighted by Gasteiger charge is -2.15. The maximum atomic E-state index is 13.1.